The zero-order valence-corrected chi connectivity index (χ0v) is 14.2. The van der Waals surface area contributed by atoms with Crippen molar-refractivity contribution in [2.45, 2.75) is 6.92 Å². The molecule has 5 heteroatoms. The second kappa shape index (κ2) is 6.28. The van der Waals surface area contributed by atoms with Gasteiger partial charge in [-0.1, -0.05) is 18.2 Å². The number of fused-ring (bicyclic) bond motifs is 1. The molecule has 5 nitrogen and oxygen atoms in total. The number of rotatable bonds is 4. The van der Waals surface area contributed by atoms with Crippen LogP contribution in [0.4, 0.5) is 5.69 Å². The van der Waals surface area contributed by atoms with E-state index >= 15 is 0 Å². The van der Waals surface area contributed by atoms with Crippen molar-refractivity contribution in [2.24, 2.45) is 7.05 Å². The van der Waals surface area contributed by atoms with Crippen LogP contribution in [0.5, 0.6) is 11.5 Å². The Hall–Kier alpha value is -2.95. The third-order valence-electron chi connectivity index (χ3n) is 4.23. The Morgan fingerprint density at radius 1 is 1.08 bits per heavy atom. The summed E-state index contributed by atoms with van der Waals surface area (Å²) in [5.74, 6) is 1.05. The minimum atomic E-state index is -0.183. The number of hydrogen-bond acceptors (Lipinski definition) is 3. The second-order valence-electron chi connectivity index (χ2n) is 5.57. The van der Waals surface area contributed by atoms with Gasteiger partial charge in [-0.15, -0.1) is 0 Å². The standard InChI is InChI=1S/C19H20N2O3/c1-12-14-7-5-6-8-16(14)21(2)18(12)19(22)20-15-11-13(23-3)9-10-17(15)24-4/h5-11H,1-4H3,(H,20,22). The first-order chi connectivity index (χ1) is 11.6. The summed E-state index contributed by atoms with van der Waals surface area (Å²) >= 11 is 0. The number of nitrogens with zero attached hydrogens (tertiary/aromatic N) is 1. The summed E-state index contributed by atoms with van der Waals surface area (Å²) in [5.41, 5.74) is 3.18. The largest absolute Gasteiger partial charge is 0.497 e. The minimum Gasteiger partial charge on any atom is -0.497 e. The van der Waals surface area contributed by atoms with Crippen LogP contribution in [0.1, 0.15) is 16.1 Å². The number of carbonyl (C=O) groups is 1. The van der Waals surface area contributed by atoms with Crippen LogP contribution in [0.2, 0.25) is 0 Å². The van der Waals surface area contributed by atoms with Crippen LogP contribution in [0.25, 0.3) is 10.9 Å². The third-order valence-corrected chi connectivity index (χ3v) is 4.23. The first-order valence-corrected chi connectivity index (χ1v) is 7.64. The zero-order chi connectivity index (χ0) is 17.3. The van der Waals surface area contributed by atoms with Gasteiger partial charge in [-0.3, -0.25) is 4.79 Å². The zero-order valence-electron chi connectivity index (χ0n) is 14.2. The van der Waals surface area contributed by atoms with Crippen molar-refractivity contribution < 1.29 is 14.3 Å². The number of amides is 1. The topological polar surface area (TPSA) is 52.5 Å². The van der Waals surface area contributed by atoms with E-state index in [2.05, 4.69) is 5.32 Å². The summed E-state index contributed by atoms with van der Waals surface area (Å²) < 4.78 is 12.5. The van der Waals surface area contributed by atoms with E-state index in [0.29, 0.717) is 22.9 Å². The van der Waals surface area contributed by atoms with Crippen LogP contribution in [0.15, 0.2) is 42.5 Å². The summed E-state index contributed by atoms with van der Waals surface area (Å²) in [6.07, 6.45) is 0. The maximum Gasteiger partial charge on any atom is 0.272 e. The lowest BCUT2D eigenvalue weighted by Crippen LogP contribution is -2.17. The average molecular weight is 324 g/mol. The lowest BCUT2D eigenvalue weighted by molar-refractivity contribution is 0.101. The fourth-order valence-electron chi connectivity index (χ4n) is 3.00. The van der Waals surface area contributed by atoms with Crippen LogP contribution >= 0.6 is 0 Å². The first-order valence-electron chi connectivity index (χ1n) is 7.64. The normalized spacial score (nSPS) is 10.7. The van der Waals surface area contributed by atoms with Gasteiger partial charge < -0.3 is 19.4 Å². The van der Waals surface area contributed by atoms with Gasteiger partial charge in [-0.25, -0.2) is 0 Å². The number of carbonyl (C=O) groups excluding carboxylic acids is 1. The predicted molar refractivity (Wildman–Crippen MR) is 95.2 cm³/mol. The number of aryl methyl sites for hydroxylation is 2. The van der Waals surface area contributed by atoms with Gasteiger partial charge in [0.15, 0.2) is 0 Å². The Bertz CT molecular complexity index is 873. The smallest absolute Gasteiger partial charge is 0.272 e. The van der Waals surface area contributed by atoms with Gasteiger partial charge in [-0.05, 0) is 30.7 Å². The van der Waals surface area contributed by atoms with E-state index in [0.717, 1.165) is 16.5 Å². The van der Waals surface area contributed by atoms with E-state index in [1.54, 1.807) is 32.4 Å². The molecule has 1 aromatic heterocycles. The van der Waals surface area contributed by atoms with Crippen molar-refractivity contribution in [2.75, 3.05) is 19.5 Å². The van der Waals surface area contributed by atoms with E-state index in [1.807, 2.05) is 42.8 Å². The molecule has 0 aliphatic carbocycles. The molecule has 2 aromatic carbocycles. The van der Waals surface area contributed by atoms with Gasteiger partial charge in [0.05, 0.1) is 19.9 Å². The molecule has 0 saturated heterocycles. The first kappa shape index (κ1) is 15.9. The highest BCUT2D eigenvalue weighted by atomic mass is 16.5. The van der Waals surface area contributed by atoms with Crippen molar-refractivity contribution in [1.82, 2.24) is 4.57 Å². The molecule has 0 bridgehead atoms. The Morgan fingerprint density at radius 3 is 2.50 bits per heavy atom. The van der Waals surface area contributed by atoms with E-state index < -0.39 is 0 Å². The molecular weight excluding hydrogens is 304 g/mol. The van der Waals surface area contributed by atoms with E-state index in [-0.39, 0.29) is 5.91 Å². The van der Waals surface area contributed by atoms with Gasteiger partial charge in [0.2, 0.25) is 0 Å². The number of para-hydroxylation sites is 1. The fraction of sp³-hybridized carbons (Fsp3) is 0.211. The number of ether oxygens (including phenoxy) is 2. The van der Waals surface area contributed by atoms with Gasteiger partial charge in [0.25, 0.3) is 5.91 Å². The molecule has 24 heavy (non-hydrogen) atoms. The summed E-state index contributed by atoms with van der Waals surface area (Å²) in [6, 6.07) is 13.3. The van der Waals surface area contributed by atoms with Crippen LogP contribution in [-0.4, -0.2) is 24.7 Å². The number of benzene rings is 2. The molecule has 3 rings (SSSR count). The lowest BCUT2D eigenvalue weighted by atomic mass is 10.1. The Labute approximate surface area is 140 Å². The highest BCUT2D eigenvalue weighted by Gasteiger charge is 2.19. The minimum absolute atomic E-state index is 0.183. The highest BCUT2D eigenvalue weighted by molar-refractivity contribution is 6.08. The number of anilines is 1. The number of nitrogens with one attached hydrogen (secondary N) is 1. The van der Waals surface area contributed by atoms with Gasteiger partial charge in [0.1, 0.15) is 17.2 Å². The maximum absolute atomic E-state index is 12.9. The van der Waals surface area contributed by atoms with Crippen LogP contribution in [0, 0.1) is 6.92 Å². The fourth-order valence-corrected chi connectivity index (χ4v) is 3.00. The molecule has 1 N–H and O–H groups in total. The SMILES string of the molecule is COc1ccc(OC)c(NC(=O)c2c(C)c3ccccc3n2C)c1. The van der Waals surface area contributed by atoms with Gasteiger partial charge in [-0.2, -0.15) is 0 Å². The molecular formula is C19H20N2O3. The van der Waals surface area contributed by atoms with Crippen LogP contribution < -0.4 is 14.8 Å². The predicted octanol–water partition coefficient (Wildman–Crippen LogP) is 3.76. The second-order valence-corrected chi connectivity index (χ2v) is 5.57. The van der Waals surface area contributed by atoms with Crippen molar-refractivity contribution >= 4 is 22.5 Å². The quantitative estimate of drug-likeness (QED) is 0.795. The van der Waals surface area contributed by atoms with Crippen molar-refractivity contribution in [3.63, 3.8) is 0 Å². The summed E-state index contributed by atoms with van der Waals surface area (Å²) in [6.45, 7) is 1.96. The Kier molecular flexibility index (Phi) is 4.16. The highest BCUT2D eigenvalue weighted by Crippen LogP contribution is 2.30. The summed E-state index contributed by atoms with van der Waals surface area (Å²) in [5, 5.41) is 4.00. The van der Waals surface area contributed by atoms with Crippen molar-refractivity contribution in [1.29, 1.82) is 0 Å². The molecule has 0 saturated carbocycles. The van der Waals surface area contributed by atoms with Crippen molar-refractivity contribution in [3.05, 3.63) is 53.7 Å². The van der Waals surface area contributed by atoms with Crippen molar-refractivity contribution in [3.8, 4) is 11.5 Å². The molecule has 0 atom stereocenters. The number of hydrogen-bond donors (Lipinski definition) is 1. The van der Waals surface area contributed by atoms with E-state index in [4.69, 9.17) is 9.47 Å². The molecule has 1 heterocycles. The Morgan fingerprint density at radius 2 is 1.83 bits per heavy atom. The molecule has 3 aromatic rings. The monoisotopic (exact) mass is 324 g/mol. The molecule has 1 amide bonds. The van der Waals surface area contributed by atoms with Crippen LogP contribution in [0.3, 0.4) is 0 Å². The third kappa shape index (κ3) is 2.58. The molecule has 0 fully saturated rings. The number of aromatic nitrogens is 1. The molecule has 0 spiro atoms. The lowest BCUT2D eigenvalue weighted by Gasteiger charge is -2.12. The van der Waals surface area contributed by atoms with E-state index in [1.165, 1.54) is 0 Å². The van der Waals surface area contributed by atoms with E-state index in [9.17, 15) is 4.79 Å². The molecule has 0 aliphatic heterocycles. The van der Waals surface area contributed by atoms with Gasteiger partial charge in [0, 0.05) is 24.0 Å². The Balaban J connectivity index is 2.02. The molecule has 0 aliphatic rings. The maximum atomic E-state index is 12.9. The van der Waals surface area contributed by atoms with Gasteiger partial charge >= 0.3 is 0 Å². The molecule has 124 valence electrons. The van der Waals surface area contributed by atoms with Crippen LogP contribution in [-0.2, 0) is 7.05 Å². The summed E-state index contributed by atoms with van der Waals surface area (Å²) in [4.78, 5) is 12.9. The molecule has 0 radical (unpaired) electrons. The number of methoxy groups -OCH3 is 2. The molecule has 0 unspecified atom stereocenters. The summed E-state index contributed by atoms with van der Waals surface area (Å²) in [7, 11) is 5.05. The average Bonchev–Trinajstić information content (AvgIpc) is 2.86.